The van der Waals surface area contributed by atoms with Crippen molar-refractivity contribution in [3.63, 3.8) is 0 Å². The van der Waals surface area contributed by atoms with Crippen molar-refractivity contribution in [1.29, 1.82) is 0 Å². The van der Waals surface area contributed by atoms with Crippen molar-refractivity contribution in [3.8, 4) is 5.75 Å². The van der Waals surface area contributed by atoms with Crippen molar-refractivity contribution in [2.75, 3.05) is 32.1 Å². The third-order valence-electron chi connectivity index (χ3n) is 6.45. The molecule has 2 aromatic heterocycles. The molecule has 0 unspecified atom stereocenters. The first-order valence-corrected chi connectivity index (χ1v) is 12.6. The Morgan fingerprint density at radius 3 is 2.72 bits per heavy atom. The highest BCUT2D eigenvalue weighted by atomic mass is 32.1. The summed E-state index contributed by atoms with van der Waals surface area (Å²) in [6, 6.07) is 17.2. The van der Waals surface area contributed by atoms with Gasteiger partial charge in [-0.3, -0.25) is 4.79 Å². The number of fused-ring (bicyclic) bond motifs is 1. The molecular formula is C27H27FN4O3S. The Balaban J connectivity index is 1.31. The molecule has 1 aliphatic rings. The summed E-state index contributed by atoms with van der Waals surface area (Å²) in [5.74, 6) is 0.277. The summed E-state index contributed by atoms with van der Waals surface area (Å²) in [5, 5.41) is 5.90. The molecule has 0 spiro atoms. The fourth-order valence-corrected chi connectivity index (χ4v) is 5.53. The van der Waals surface area contributed by atoms with Crippen LogP contribution in [0.15, 0.2) is 66.0 Å². The fourth-order valence-electron chi connectivity index (χ4n) is 4.63. The molecule has 7 nitrogen and oxygen atoms in total. The number of amides is 3. The zero-order valence-electron chi connectivity index (χ0n) is 20.1. The average Bonchev–Trinajstić information content (AvgIpc) is 3.46. The number of hydrogen-bond acceptors (Lipinski definition) is 4. The van der Waals surface area contributed by atoms with Gasteiger partial charge in [0.15, 0.2) is 0 Å². The van der Waals surface area contributed by atoms with E-state index in [1.165, 1.54) is 12.1 Å². The SMILES string of the molecule is COc1cccc(NC(=O)N2CCN(C(=O)c3cc4ccsc4n3Cc3cccc(F)c3)C[C@@H]2C)c1. The predicted octanol–water partition coefficient (Wildman–Crippen LogP) is 5.28. The van der Waals surface area contributed by atoms with Crippen molar-refractivity contribution in [2.24, 2.45) is 0 Å². The molecule has 1 fully saturated rings. The van der Waals surface area contributed by atoms with E-state index in [1.54, 1.807) is 40.4 Å². The Kier molecular flexibility index (Phi) is 6.65. The summed E-state index contributed by atoms with van der Waals surface area (Å²) >= 11 is 1.56. The number of rotatable bonds is 5. The largest absolute Gasteiger partial charge is 0.497 e. The normalized spacial score (nSPS) is 15.8. The minimum absolute atomic E-state index is 0.0884. The van der Waals surface area contributed by atoms with Crippen LogP contribution in [-0.4, -0.2) is 59.1 Å². The van der Waals surface area contributed by atoms with Gasteiger partial charge < -0.3 is 24.4 Å². The first-order chi connectivity index (χ1) is 17.4. The summed E-state index contributed by atoms with van der Waals surface area (Å²) < 4.78 is 21.0. The third-order valence-corrected chi connectivity index (χ3v) is 7.40. The summed E-state index contributed by atoms with van der Waals surface area (Å²) in [6.07, 6.45) is 0. The lowest BCUT2D eigenvalue weighted by Gasteiger charge is -2.39. The van der Waals surface area contributed by atoms with Crippen molar-refractivity contribution >= 4 is 39.2 Å². The van der Waals surface area contributed by atoms with E-state index in [1.807, 2.05) is 53.3 Å². The lowest BCUT2D eigenvalue weighted by molar-refractivity contribution is 0.0583. The number of piperazine rings is 1. The van der Waals surface area contributed by atoms with Crippen LogP contribution in [0.4, 0.5) is 14.9 Å². The van der Waals surface area contributed by atoms with Crippen LogP contribution in [-0.2, 0) is 6.54 Å². The second kappa shape index (κ2) is 10.0. The molecule has 0 radical (unpaired) electrons. The number of carbonyl (C=O) groups excluding carboxylic acids is 2. The number of benzene rings is 2. The minimum atomic E-state index is -0.299. The lowest BCUT2D eigenvalue weighted by atomic mass is 10.1. The third kappa shape index (κ3) is 4.79. The quantitative estimate of drug-likeness (QED) is 0.401. The van der Waals surface area contributed by atoms with E-state index < -0.39 is 0 Å². The molecule has 4 aromatic rings. The summed E-state index contributed by atoms with van der Waals surface area (Å²) in [5.41, 5.74) is 2.02. The Morgan fingerprint density at radius 1 is 1.11 bits per heavy atom. The number of halogens is 1. The smallest absolute Gasteiger partial charge is 0.322 e. The van der Waals surface area contributed by atoms with Crippen LogP contribution < -0.4 is 10.1 Å². The van der Waals surface area contributed by atoms with Gasteiger partial charge in [0.25, 0.3) is 5.91 Å². The monoisotopic (exact) mass is 506 g/mol. The molecule has 0 saturated carbocycles. The maximum atomic E-state index is 13.8. The van der Waals surface area contributed by atoms with E-state index in [9.17, 15) is 14.0 Å². The number of ether oxygens (including phenoxy) is 1. The van der Waals surface area contributed by atoms with Gasteiger partial charge in [0, 0.05) is 49.4 Å². The number of aromatic nitrogens is 1. The van der Waals surface area contributed by atoms with E-state index in [-0.39, 0.29) is 23.8 Å². The van der Waals surface area contributed by atoms with Gasteiger partial charge in [-0.05, 0) is 54.3 Å². The van der Waals surface area contributed by atoms with Crippen LogP contribution in [0.2, 0.25) is 0 Å². The number of nitrogens with one attached hydrogen (secondary N) is 1. The van der Waals surface area contributed by atoms with Crippen LogP contribution >= 0.6 is 11.3 Å². The Morgan fingerprint density at radius 2 is 1.94 bits per heavy atom. The first kappa shape index (κ1) is 23.9. The summed E-state index contributed by atoms with van der Waals surface area (Å²) in [4.78, 5) is 31.1. The molecule has 1 aliphatic heterocycles. The van der Waals surface area contributed by atoms with Gasteiger partial charge in [-0.25, -0.2) is 9.18 Å². The highest BCUT2D eigenvalue weighted by molar-refractivity contribution is 7.16. The van der Waals surface area contributed by atoms with Crippen LogP contribution in [0.25, 0.3) is 10.2 Å². The van der Waals surface area contributed by atoms with Crippen molar-refractivity contribution in [3.05, 3.63) is 83.1 Å². The number of urea groups is 1. The summed E-state index contributed by atoms with van der Waals surface area (Å²) in [6.45, 7) is 3.61. The van der Waals surface area contributed by atoms with Crippen LogP contribution in [0.5, 0.6) is 5.75 Å². The topological polar surface area (TPSA) is 66.8 Å². The first-order valence-electron chi connectivity index (χ1n) is 11.7. The van der Waals surface area contributed by atoms with E-state index in [0.717, 1.165) is 15.8 Å². The van der Waals surface area contributed by atoms with E-state index in [0.29, 0.717) is 43.3 Å². The summed E-state index contributed by atoms with van der Waals surface area (Å²) in [7, 11) is 1.58. The molecule has 3 amide bonds. The molecule has 1 atom stereocenters. The Bertz CT molecular complexity index is 1420. The van der Waals surface area contributed by atoms with Gasteiger partial charge in [-0.1, -0.05) is 18.2 Å². The van der Waals surface area contributed by atoms with Gasteiger partial charge in [0.05, 0.1) is 7.11 Å². The zero-order valence-corrected chi connectivity index (χ0v) is 20.9. The lowest BCUT2D eigenvalue weighted by Crippen LogP contribution is -2.56. The molecule has 5 rings (SSSR count). The molecule has 3 heterocycles. The minimum Gasteiger partial charge on any atom is -0.497 e. The number of nitrogens with zero attached hydrogens (tertiary/aromatic N) is 3. The molecular weight excluding hydrogens is 479 g/mol. The molecule has 186 valence electrons. The predicted molar refractivity (Wildman–Crippen MR) is 139 cm³/mol. The number of hydrogen-bond donors (Lipinski definition) is 1. The number of methoxy groups -OCH3 is 1. The van der Waals surface area contributed by atoms with E-state index >= 15 is 0 Å². The Labute approximate surface area is 212 Å². The molecule has 36 heavy (non-hydrogen) atoms. The van der Waals surface area contributed by atoms with Gasteiger partial charge >= 0.3 is 6.03 Å². The maximum Gasteiger partial charge on any atom is 0.322 e. The van der Waals surface area contributed by atoms with E-state index in [4.69, 9.17) is 4.74 Å². The second-order valence-corrected chi connectivity index (χ2v) is 9.78. The van der Waals surface area contributed by atoms with Gasteiger partial charge in [0.1, 0.15) is 22.1 Å². The van der Waals surface area contributed by atoms with E-state index in [2.05, 4.69) is 5.32 Å². The molecule has 2 aromatic carbocycles. The van der Waals surface area contributed by atoms with Gasteiger partial charge in [-0.2, -0.15) is 0 Å². The molecule has 1 saturated heterocycles. The Hall–Kier alpha value is -3.85. The maximum absolute atomic E-state index is 13.8. The van der Waals surface area contributed by atoms with Crippen LogP contribution in [0.1, 0.15) is 23.0 Å². The highest BCUT2D eigenvalue weighted by Crippen LogP contribution is 2.28. The standard InChI is InChI=1S/C27H27FN4O3S/c1-18-16-30(10-11-31(18)27(34)29-22-7-4-8-23(15-22)35-2)25(33)24-14-20-9-12-36-26(20)32(24)17-19-5-3-6-21(28)13-19/h3-9,12-15,18H,10-11,16-17H2,1-2H3,(H,29,34)/t18-/m0/s1. The van der Waals surface area contributed by atoms with Crippen LogP contribution in [0.3, 0.4) is 0 Å². The van der Waals surface area contributed by atoms with Crippen molar-refractivity contribution < 1.29 is 18.7 Å². The number of carbonyl (C=O) groups is 2. The van der Waals surface area contributed by atoms with Crippen molar-refractivity contribution in [2.45, 2.75) is 19.5 Å². The van der Waals surface area contributed by atoms with Gasteiger partial charge in [-0.15, -0.1) is 11.3 Å². The molecule has 0 aliphatic carbocycles. The fraction of sp³-hybridized carbons (Fsp3) is 0.259. The van der Waals surface area contributed by atoms with Crippen LogP contribution in [0, 0.1) is 5.82 Å². The molecule has 1 N–H and O–H groups in total. The second-order valence-electron chi connectivity index (χ2n) is 8.88. The van der Waals surface area contributed by atoms with Crippen molar-refractivity contribution in [1.82, 2.24) is 14.4 Å². The highest BCUT2D eigenvalue weighted by Gasteiger charge is 2.32. The van der Waals surface area contributed by atoms with Gasteiger partial charge in [0.2, 0.25) is 0 Å². The number of anilines is 1. The number of thiophene rings is 1. The molecule has 9 heteroatoms. The average molecular weight is 507 g/mol. The zero-order chi connectivity index (χ0) is 25.2. The molecule has 0 bridgehead atoms.